The summed E-state index contributed by atoms with van der Waals surface area (Å²) in [5, 5.41) is 9.29. The summed E-state index contributed by atoms with van der Waals surface area (Å²) in [5.41, 5.74) is 4.92. The van der Waals surface area contributed by atoms with E-state index in [9.17, 15) is 9.18 Å². The zero-order chi connectivity index (χ0) is 24.2. The van der Waals surface area contributed by atoms with Gasteiger partial charge in [0.1, 0.15) is 11.5 Å². The first-order valence-corrected chi connectivity index (χ1v) is 12.5. The van der Waals surface area contributed by atoms with E-state index in [1.165, 1.54) is 12.1 Å². The molecule has 182 valence electrons. The molecular weight excluding hydrogens is 476 g/mol. The normalized spacial score (nSPS) is 19.5. The van der Waals surface area contributed by atoms with Crippen molar-refractivity contribution in [2.75, 3.05) is 31.2 Å². The number of piperazine rings is 1. The summed E-state index contributed by atoms with van der Waals surface area (Å²) in [5.74, 6) is -0.542. The van der Waals surface area contributed by atoms with Crippen LogP contribution in [0.1, 0.15) is 44.7 Å². The smallest absolute Gasteiger partial charge is 0.281 e. The Balaban J connectivity index is 1.50. The topological polar surface area (TPSA) is 51.2 Å². The number of hydrogen-bond acceptors (Lipinski definition) is 5. The number of carbonyl (C=O) groups excluding carboxylic acids is 1. The van der Waals surface area contributed by atoms with Crippen molar-refractivity contribution >= 4 is 40.5 Å². The van der Waals surface area contributed by atoms with Crippen LogP contribution in [0.15, 0.2) is 47.6 Å². The Hall–Kier alpha value is -2.19. The van der Waals surface area contributed by atoms with Crippen LogP contribution >= 0.6 is 23.2 Å². The van der Waals surface area contributed by atoms with E-state index in [1.54, 1.807) is 35.3 Å². The molecule has 1 N–H and O–H groups in total. The van der Waals surface area contributed by atoms with Gasteiger partial charge < -0.3 is 0 Å². The molecule has 2 aliphatic heterocycles. The van der Waals surface area contributed by atoms with Crippen LogP contribution in [-0.2, 0) is 4.79 Å². The fraction of sp³-hybridized carbons (Fsp3) is 0.440. The average Bonchev–Trinajstić information content (AvgIpc) is 3.27. The SMILES string of the molecule is CCC(CC)N1CCN(NC(=O)C2=NN(c3ccc(Cl)cc3Cl)C(c3ccc(F)cc3)C2)CC1. The zero-order valence-electron chi connectivity index (χ0n) is 19.5. The molecular formula is C25H30Cl2FN5O. The maximum atomic E-state index is 13.5. The van der Waals surface area contributed by atoms with Crippen LogP contribution in [0.5, 0.6) is 0 Å². The lowest BCUT2D eigenvalue weighted by Crippen LogP contribution is -2.56. The predicted molar refractivity (Wildman–Crippen MR) is 136 cm³/mol. The van der Waals surface area contributed by atoms with Gasteiger partial charge in [0.2, 0.25) is 0 Å². The van der Waals surface area contributed by atoms with Crippen molar-refractivity contribution in [3.05, 3.63) is 63.9 Å². The van der Waals surface area contributed by atoms with Gasteiger partial charge in [-0.2, -0.15) is 5.10 Å². The molecule has 0 saturated carbocycles. The highest BCUT2D eigenvalue weighted by atomic mass is 35.5. The largest absolute Gasteiger partial charge is 0.298 e. The third kappa shape index (κ3) is 5.54. The third-order valence-electron chi connectivity index (χ3n) is 6.62. The summed E-state index contributed by atoms with van der Waals surface area (Å²) in [6.45, 7) is 7.81. The molecule has 2 aromatic rings. The quantitative estimate of drug-likeness (QED) is 0.556. The number of carbonyl (C=O) groups is 1. The van der Waals surface area contributed by atoms with Crippen molar-refractivity contribution in [3.63, 3.8) is 0 Å². The molecule has 0 radical (unpaired) electrons. The van der Waals surface area contributed by atoms with E-state index in [0.29, 0.717) is 33.9 Å². The molecule has 1 fully saturated rings. The van der Waals surface area contributed by atoms with Gasteiger partial charge in [0.05, 0.1) is 16.8 Å². The van der Waals surface area contributed by atoms with Crippen molar-refractivity contribution in [2.24, 2.45) is 5.10 Å². The fourth-order valence-electron chi connectivity index (χ4n) is 4.69. The van der Waals surface area contributed by atoms with E-state index in [4.69, 9.17) is 23.2 Å². The van der Waals surface area contributed by atoms with Crippen LogP contribution in [0.2, 0.25) is 10.0 Å². The predicted octanol–water partition coefficient (Wildman–Crippen LogP) is 5.28. The van der Waals surface area contributed by atoms with Gasteiger partial charge in [0.25, 0.3) is 5.91 Å². The van der Waals surface area contributed by atoms with Gasteiger partial charge in [-0.05, 0) is 48.7 Å². The number of halogens is 3. The molecule has 1 amide bonds. The Kier molecular flexibility index (Phi) is 8.09. The highest BCUT2D eigenvalue weighted by Gasteiger charge is 2.34. The van der Waals surface area contributed by atoms with Crippen LogP contribution in [0.3, 0.4) is 0 Å². The first-order chi connectivity index (χ1) is 16.4. The second-order valence-electron chi connectivity index (χ2n) is 8.69. The highest BCUT2D eigenvalue weighted by molar-refractivity contribution is 6.40. The monoisotopic (exact) mass is 505 g/mol. The molecule has 2 aliphatic rings. The highest BCUT2D eigenvalue weighted by Crippen LogP contribution is 2.39. The van der Waals surface area contributed by atoms with Crippen molar-refractivity contribution < 1.29 is 9.18 Å². The fourth-order valence-corrected chi connectivity index (χ4v) is 5.19. The van der Waals surface area contributed by atoms with Gasteiger partial charge in [0, 0.05) is 43.7 Å². The molecule has 2 heterocycles. The number of anilines is 1. The van der Waals surface area contributed by atoms with Gasteiger partial charge in [-0.15, -0.1) is 0 Å². The van der Waals surface area contributed by atoms with Crippen molar-refractivity contribution in [3.8, 4) is 0 Å². The number of rotatable bonds is 7. The number of nitrogens with one attached hydrogen (secondary N) is 1. The lowest BCUT2D eigenvalue weighted by atomic mass is 10.0. The zero-order valence-corrected chi connectivity index (χ0v) is 21.0. The Morgan fingerprint density at radius 2 is 1.76 bits per heavy atom. The number of hydrazone groups is 1. The summed E-state index contributed by atoms with van der Waals surface area (Å²) in [6.07, 6.45) is 2.64. The van der Waals surface area contributed by atoms with Gasteiger partial charge in [-0.1, -0.05) is 49.2 Å². The minimum atomic E-state index is -0.316. The van der Waals surface area contributed by atoms with Crippen molar-refractivity contribution in [2.45, 2.75) is 45.2 Å². The molecule has 0 spiro atoms. The van der Waals surface area contributed by atoms with Crippen LogP contribution in [0, 0.1) is 5.82 Å². The molecule has 0 bridgehead atoms. The Morgan fingerprint density at radius 1 is 1.09 bits per heavy atom. The molecule has 2 aromatic carbocycles. The first kappa shape index (κ1) is 24.9. The standard InChI is InChI=1S/C25H30Cl2FN5O/c1-3-20(4-2)31-11-13-32(14-12-31)30-25(34)22-16-24(17-5-8-19(28)9-6-17)33(29-22)23-10-7-18(26)15-21(23)27/h5-10,15,20,24H,3-4,11-14,16H2,1-2H3,(H,30,34). The second kappa shape index (κ2) is 11.0. The van der Waals surface area contributed by atoms with Crippen LogP contribution < -0.4 is 10.4 Å². The number of amides is 1. The summed E-state index contributed by atoms with van der Waals surface area (Å²) in [7, 11) is 0. The van der Waals surface area contributed by atoms with Crippen LogP contribution in [0.4, 0.5) is 10.1 Å². The summed E-state index contributed by atoms with van der Waals surface area (Å²) in [6, 6.07) is 11.7. The lowest BCUT2D eigenvalue weighted by molar-refractivity contribution is -0.120. The molecule has 4 rings (SSSR count). The molecule has 1 unspecified atom stereocenters. The van der Waals surface area contributed by atoms with Crippen molar-refractivity contribution in [1.82, 2.24) is 15.3 Å². The van der Waals surface area contributed by atoms with E-state index < -0.39 is 0 Å². The summed E-state index contributed by atoms with van der Waals surface area (Å²) < 4.78 is 13.5. The minimum absolute atomic E-state index is 0.226. The second-order valence-corrected chi connectivity index (χ2v) is 9.54. The van der Waals surface area contributed by atoms with E-state index in [0.717, 1.165) is 44.6 Å². The van der Waals surface area contributed by atoms with Crippen LogP contribution in [0.25, 0.3) is 0 Å². The summed E-state index contributed by atoms with van der Waals surface area (Å²) >= 11 is 12.5. The molecule has 1 atom stereocenters. The minimum Gasteiger partial charge on any atom is -0.298 e. The average molecular weight is 506 g/mol. The third-order valence-corrected chi connectivity index (χ3v) is 7.15. The van der Waals surface area contributed by atoms with Gasteiger partial charge in [0.15, 0.2) is 0 Å². The molecule has 0 aromatic heterocycles. The Morgan fingerprint density at radius 3 is 2.38 bits per heavy atom. The Bertz CT molecular complexity index is 1040. The maximum absolute atomic E-state index is 13.5. The van der Waals surface area contributed by atoms with Crippen LogP contribution in [-0.4, -0.2) is 53.7 Å². The van der Waals surface area contributed by atoms with Gasteiger partial charge >= 0.3 is 0 Å². The molecule has 1 saturated heterocycles. The first-order valence-electron chi connectivity index (χ1n) is 11.8. The van der Waals surface area contributed by atoms with E-state index >= 15 is 0 Å². The molecule has 9 heteroatoms. The van der Waals surface area contributed by atoms with Crippen molar-refractivity contribution in [1.29, 1.82) is 0 Å². The number of hydrogen-bond donors (Lipinski definition) is 1. The molecule has 6 nitrogen and oxygen atoms in total. The maximum Gasteiger partial charge on any atom is 0.281 e. The lowest BCUT2D eigenvalue weighted by Gasteiger charge is -2.38. The molecule has 0 aliphatic carbocycles. The number of hydrazine groups is 1. The van der Waals surface area contributed by atoms with E-state index in [2.05, 4.69) is 29.3 Å². The summed E-state index contributed by atoms with van der Waals surface area (Å²) in [4.78, 5) is 15.6. The van der Waals surface area contributed by atoms with E-state index in [1.807, 2.05) is 5.01 Å². The number of nitrogens with zero attached hydrogens (tertiary/aromatic N) is 4. The molecule has 34 heavy (non-hydrogen) atoms. The van der Waals surface area contributed by atoms with Gasteiger partial charge in [-0.25, -0.2) is 9.40 Å². The van der Waals surface area contributed by atoms with Gasteiger partial charge in [-0.3, -0.25) is 20.1 Å². The number of benzene rings is 2. The Labute approximate surface area is 210 Å². The van der Waals surface area contributed by atoms with E-state index in [-0.39, 0.29) is 17.8 Å².